The Kier molecular flexibility index (Phi) is 8.88. The Labute approximate surface area is 214 Å². The molecule has 36 heavy (non-hydrogen) atoms. The monoisotopic (exact) mass is 511 g/mol. The standard InChI is InChI=1S/C27H33N3O5S/c1-4-33-27(31)21-11-8-12-22(15-21)34-25-14-13-24(29-19(25)3)26-23(18(2)30-35-26)16-28-36(32)17-20-9-6-5-7-10-20/h5-7,9-10,13-14,21-22,28H,4,8,11-12,15-17H2,1-3H3/t21-,22-,36?/m0/s1. The second-order valence-electron chi connectivity index (χ2n) is 9.01. The molecule has 1 saturated carbocycles. The Hall–Kier alpha value is -3.04. The lowest BCUT2D eigenvalue weighted by Crippen LogP contribution is -2.31. The van der Waals surface area contributed by atoms with E-state index in [1.807, 2.05) is 63.2 Å². The zero-order valence-electron chi connectivity index (χ0n) is 21.0. The van der Waals surface area contributed by atoms with Gasteiger partial charge < -0.3 is 14.0 Å². The third-order valence-electron chi connectivity index (χ3n) is 6.34. The highest BCUT2D eigenvalue weighted by Crippen LogP contribution is 2.32. The summed E-state index contributed by atoms with van der Waals surface area (Å²) < 4.78 is 32.6. The highest BCUT2D eigenvalue weighted by atomic mass is 32.2. The van der Waals surface area contributed by atoms with Crippen LogP contribution in [0.5, 0.6) is 5.75 Å². The van der Waals surface area contributed by atoms with Crippen molar-refractivity contribution >= 4 is 17.0 Å². The minimum Gasteiger partial charge on any atom is -0.489 e. The summed E-state index contributed by atoms with van der Waals surface area (Å²) in [5.74, 6) is 1.40. The van der Waals surface area contributed by atoms with Gasteiger partial charge >= 0.3 is 5.97 Å². The van der Waals surface area contributed by atoms with Crippen LogP contribution in [0.3, 0.4) is 0 Å². The molecule has 1 N–H and O–H groups in total. The highest BCUT2D eigenvalue weighted by Gasteiger charge is 2.30. The van der Waals surface area contributed by atoms with Gasteiger partial charge in [-0.05, 0) is 64.2 Å². The second-order valence-corrected chi connectivity index (χ2v) is 10.3. The molecule has 0 amide bonds. The van der Waals surface area contributed by atoms with E-state index in [0.717, 1.165) is 41.8 Å². The number of rotatable bonds is 10. The van der Waals surface area contributed by atoms with Gasteiger partial charge in [-0.1, -0.05) is 35.5 Å². The maximum absolute atomic E-state index is 12.5. The smallest absolute Gasteiger partial charge is 0.309 e. The van der Waals surface area contributed by atoms with Crippen LogP contribution >= 0.6 is 0 Å². The first kappa shape index (κ1) is 26.0. The van der Waals surface area contributed by atoms with Crippen molar-refractivity contribution in [2.45, 2.75) is 64.9 Å². The maximum Gasteiger partial charge on any atom is 0.309 e. The maximum atomic E-state index is 12.5. The summed E-state index contributed by atoms with van der Waals surface area (Å²) in [6.45, 7) is 6.32. The SMILES string of the molecule is CCOC(=O)[C@H]1CCC[C@H](Oc2ccc(-c3onc(C)c3CNS(=O)Cc3ccccc3)nc2C)C1. The van der Waals surface area contributed by atoms with Gasteiger partial charge in [0, 0.05) is 12.1 Å². The van der Waals surface area contributed by atoms with Crippen LogP contribution in [0.2, 0.25) is 0 Å². The lowest BCUT2D eigenvalue weighted by Gasteiger charge is -2.28. The molecule has 4 rings (SSSR count). The van der Waals surface area contributed by atoms with Gasteiger partial charge in [0.25, 0.3) is 0 Å². The van der Waals surface area contributed by atoms with Crippen LogP contribution in [0, 0.1) is 19.8 Å². The summed E-state index contributed by atoms with van der Waals surface area (Å²) in [5, 5.41) is 4.11. The molecular weight excluding hydrogens is 478 g/mol. The van der Waals surface area contributed by atoms with Crippen LogP contribution in [0.1, 0.15) is 55.1 Å². The largest absolute Gasteiger partial charge is 0.489 e. The summed E-state index contributed by atoms with van der Waals surface area (Å²) in [6.07, 6.45) is 3.27. The zero-order chi connectivity index (χ0) is 25.5. The van der Waals surface area contributed by atoms with Gasteiger partial charge in [-0.25, -0.2) is 13.9 Å². The summed E-state index contributed by atoms with van der Waals surface area (Å²) in [7, 11) is -1.24. The van der Waals surface area contributed by atoms with Crippen molar-refractivity contribution in [2.24, 2.45) is 5.92 Å². The van der Waals surface area contributed by atoms with E-state index in [-0.39, 0.29) is 18.0 Å². The van der Waals surface area contributed by atoms with E-state index in [4.69, 9.17) is 19.0 Å². The molecule has 1 aliphatic rings. The molecule has 0 spiro atoms. The summed E-state index contributed by atoms with van der Waals surface area (Å²) >= 11 is 0. The van der Waals surface area contributed by atoms with Crippen LogP contribution in [0.15, 0.2) is 47.0 Å². The van der Waals surface area contributed by atoms with Crippen molar-refractivity contribution in [2.75, 3.05) is 6.61 Å². The Bertz CT molecular complexity index is 1200. The van der Waals surface area contributed by atoms with E-state index < -0.39 is 11.0 Å². The number of aryl methyl sites for hydroxylation is 2. The molecule has 0 radical (unpaired) electrons. The molecule has 1 aliphatic carbocycles. The summed E-state index contributed by atoms with van der Waals surface area (Å²) in [4.78, 5) is 16.9. The summed E-state index contributed by atoms with van der Waals surface area (Å²) in [5.41, 5.74) is 3.92. The van der Waals surface area contributed by atoms with Gasteiger partial charge in [0.2, 0.25) is 0 Å². The minimum atomic E-state index is -1.24. The minimum absolute atomic E-state index is 0.0496. The van der Waals surface area contributed by atoms with E-state index in [1.54, 1.807) is 0 Å². The van der Waals surface area contributed by atoms with E-state index in [2.05, 4.69) is 9.88 Å². The first-order valence-corrected chi connectivity index (χ1v) is 13.7. The molecule has 9 heteroatoms. The molecule has 0 saturated heterocycles. The van der Waals surface area contributed by atoms with E-state index in [0.29, 0.717) is 42.5 Å². The fraction of sp³-hybridized carbons (Fsp3) is 0.444. The Balaban J connectivity index is 1.41. The van der Waals surface area contributed by atoms with Gasteiger partial charge in [-0.15, -0.1) is 0 Å². The molecular formula is C27H33N3O5S. The first-order chi connectivity index (χ1) is 17.4. The van der Waals surface area contributed by atoms with E-state index in [1.165, 1.54) is 0 Å². The summed E-state index contributed by atoms with van der Waals surface area (Å²) in [6, 6.07) is 13.4. The highest BCUT2D eigenvalue weighted by molar-refractivity contribution is 7.82. The van der Waals surface area contributed by atoms with Crippen LogP contribution in [0.25, 0.3) is 11.5 Å². The van der Waals surface area contributed by atoms with Crippen LogP contribution in [-0.2, 0) is 32.8 Å². The van der Waals surface area contributed by atoms with Crippen LogP contribution in [0.4, 0.5) is 0 Å². The zero-order valence-corrected chi connectivity index (χ0v) is 21.8. The number of pyridine rings is 1. The third kappa shape index (κ3) is 6.59. The van der Waals surface area contributed by atoms with Gasteiger partial charge in [0.1, 0.15) is 11.4 Å². The van der Waals surface area contributed by atoms with Crippen molar-refractivity contribution in [1.82, 2.24) is 14.9 Å². The fourth-order valence-electron chi connectivity index (χ4n) is 4.43. The molecule has 1 fully saturated rings. The van der Waals surface area contributed by atoms with Gasteiger partial charge in [-0.3, -0.25) is 4.79 Å². The first-order valence-electron chi connectivity index (χ1n) is 12.4. The number of nitrogens with one attached hydrogen (secondary N) is 1. The molecule has 3 aromatic rings. The normalized spacial score (nSPS) is 18.5. The molecule has 3 atom stereocenters. The molecule has 2 heterocycles. The number of benzene rings is 1. The number of carbonyl (C=O) groups excluding carboxylic acids is 1. The predicted molar refractivity (Wildman–Crippen MR) is 137 cm³/mol. The third-order valence-corrected chi connectivity index (χ3v) is 7.41. The predicted octanol–water partition coefficient (Wildman–Crippen LogP) is 4.81. The van der Waals surface area contributed by atoms with Gasteiger partial charge in [0.15, 0.2) is 5.76 Å². The number of ether oxygens (including phenoxy) is 2. The number of esters is 1. The van der Waals surface area contributed by atoms with Crippen molar-refractivity contribution < 1.29 is 23.0 Å². The molecule has 0 aliphatic heterocycles. The fourth-order valence-corrected chi connectivity index (χ4v) is 5.34. The lowest BCUT2D eigenvalue weighted by molar-refractivity contribution is -0.150. The Morgan fingerprint density at radius 2 is 1.94 bits per heavy atom. The Morgan fingerprint density at radius 1 is 1.14 bits per heavy atom. The van der Waals surface area contributed by atoms with Crippen molar-refractivity contribution in [3.05, 3.63) is 65.0 Å². The average Bonchev–Trinajstić information content (AvgIpc) is 3.25. The molecule has 1 aromatic carbocycles. The van der Waals surface area contributed by atoms with Crippen LogP contribution < -0.4 is 9.46 Å². The molecule has 192 valence electrons. The van der Waals surface area contributed by atoms with Gasteiger partial charge in [0.05, 0.1) is 46.8 Å². The number of hydrogen-bond acceptors (Lipinski definition) is 7. The average molecular weight is 512 g/mol. The topological polar surface area (TPSA) is 104 Å². The molecule has 0 bridgehead atoms. The molecule has 2 aromatic heterocycles. The lowest BCUT2D eigenvalue weighted by atomic mass is 9.87. The molecule has 8 nitrogen and oxygen atoms in total. The Morgan fingerprint density at radius 3 is 2.69 bits per heavy atom. The van der Waals surface area contributed by atoms with Crippen molar-refractivity contribution in [3.63, 3.8) is 0 Å². The molecule has 1 unspecified atom stereocenters. The van der Waals surface area contributed by atoms with E-state index in [9.17, 15) is 9.00 Å². The van der Waals surface area contributed by atoms with Crippen molar-refractivity contribution in [3.8, 4) is 17.2 Å². The van der Waals surface area contributed by atoms with Crippen LogP contribution in [-0.4, -0.2) is 33.0 Å². The number of hydrogen-bond donors (Lipinski definition) is 1. The second kappa shape index (κ2) is 12.3. The van der Waals surface area contributed by atoms with E-state index >= 15 is 0 Å². The van der Waals surface area contributed by atoms with Gasteiger partial charge in [-0.2, -0.15) is 0 Å². The number of nitrogens with zero attached hydrogens (tertiary/aromatic N) is 2. The van der Waals surface area contributed by atoms with Crippen molar-refractivity contribution in [1.29, 1.82) is 0 Å². The quantitative estimate of drug-likeness (QED) is 0.390. The number of aromatic nitrogens is 2. The number of carbonyl (C=O) groups is 1.